The molecule has 0 saturated heterocycles. The van der Waals surface area contributed by atoms with Crippen LogP contribution in [0.1, 0.15) is 6.42 Å². The highest BCUT2D eigenvalue weighted by molar-refractivity contribution is 6.02. The van der Waals surface area contributed by atoms with Crippen LogP contribution in [0.15, 0.2) is 12.7 Å². The predicted molar refractivity (Wildman–Crippen MR) is 43.2 cm³/mol. The number of hydrogen-bond acceptors (Lipinski definition) is 1. The number of allylic oxidation sites excluding steroid dienone is 1. The summed E-state index contributed by atoms with van der Waals surface area (Å²) in [6.07, 6.45) is -8.37. The minimum absolute atomic E-state index is 0.140. The van der Waals surface area contributed by atoms with E-state index in [1.54, 1.807) is 0 Å². The van der Waals surface area contributed by atoms with E-state index in [9.17, 15) is 44.3 Å². The normalized spacial score (nSPS) is 29.8. The van der Waals surface area contributed by atoms with Gasteiger partial charge in [0.05, 0.1) is 0 Å². The SMILES string of the molecule is C=CCC1(C(F)(F)C(F)(F)F)C(=O)C(F)(F)C1(F)F. The molecular weight excluding hydrogens is 295 g/mol. The smallest absolute Gasteiger partial charge is 0.292 e. The van der Waals surface area contributed by atoms with Crippen molar-refractivity contribution in [2.75, 3.05) is 0 Å². The van der Waals surface area contributed by atoms with Gasteiger partial charge in [-0.1, -0.05) is 6.08 Å². The molecule has 0 heterocycles. The van der Waals surface area contributed by atoms with E-state index < -0.39 is 41.6 Å². The minimum atomic E-state index is -6.58. The maximum atomic E-state index is 13.1. The van der Waals surface area contributed by atoms with Gasteiger partial charge in [-0.05, 0) is 6.42 Å². The third kappa shape index (κ3) is 1.42. The van der Waals surface area contributed by atoms with Gasteiger partial charge < -0.3 is 0 Å². The van der Waals surface area contributed by atoms with E-state index in [1.807, 2.05) is 0 Å². The van der Waals surface area contributed by atoms with Crippen molar-refractivity contribution in [3.8, 4) is 0 Å². The zero-order chi connectivity index (χ0) is 15.5. The van der Waals surface area contributed by atoms with Gasteiger partial charge in [-0.15, -0.1) is 6.58 Å². The average molecular weight is 300 g/mol. The molecule has 1 fully saturated rings. The van der Waals surface area contributed by atoms with Gasteiger partial charge in [0.25, 0.3) is 0 Å². The standard InChI is InChI=1S/C9H5F9O/c1-2-3-5(8(14,15)9(16,17)18)4(19)6(10,11)7(5,12)13/h2H,1,3H2. The van der Waals surface area contributed by atoms with Crippen LogP contribution in [0.2, 0.25) is 0 Å². The quantitative estimate of drug-likeness (QED) is 0.575. The number of carbonyl (C=O) groups excluding carboxylic acids is 1. The molecule has 1 unspecified atom stereocenters. The van der Waals surface area contributed by atoms with Gasteiger partial charge in [-0.3, -0.25) is 4.79 Å². The Hall–Kier alpha value is -1.22. The fourth-order valence-corrected chi connectivity index (χ4v) is 1.91. The zero-order valence-electron chi connectivity index (χ0n) is 8.80. The lowest BCUT2D eigenvalue weighted by atomic mass is 9.55. The Morgan fingerprint density at radius 3 is 1.74 bits per heavy atom. The summed E-state index contributed by atoms with van der Waals surface area (Å²) in [5.41, 5.74) is -4.86. The van der Waals surface area contributed by atoms with E-state index in [0.29, 0.717) is 0 Å². The van der Waals surface area contributed by atoms with Gasteiger partial charge in [-0.25, -0.2) is 0 Å². The Kier molecular flexibility index (Phi) is 3.05. The highest BCUT2D eigenvalue weighted by Crippen LogP contribution is 2.70. The lowest BCUT2D eigenvalue weighted by Gasteiger charge is -2.54. The number of rotatable bonds is 3. The van der Waals surface area contributed by atoms with Crippen LogP contribution in [0.4, 0.5) is 39.5 Å². The molecule has 0 amide bonds. The van der Waals surface area contributed by atoms with Crippen LogP contribution in [0.25, 0.3) is 0 Å². The molecule has 0 aromatic rings. The van der Waals surface area contributed by atoms with Crippen LogP contribution in [-0.2, 0) is 4.79 Å². The largest absolute Gasteiger partial charge is 0.454 e. The van der Waals surface area contributed by atoms with Crippen molar-refractivity contribution in [3.63, 3.8) is 0 Å². The summed E-state index contributed by atoms with van der Waals surface area (Å²) in [6, 6.07) is 0. The summed E-state index contributed by atoms with van der Waals surface area (Å²) in [5, 5.41) is 0. The van der Waals surface area contributed by atoms with Crippen molar-refractivity contribution in [1.29, 1.82) is 0 Å². The molecule has 0 bridgehead atoms. The molecule has 0 radical (unpaired) electrons. The number of carbonyl (C=O) groups is 1. The van der Waals surface area contributed by atoms with E-state index in [0.717, 1.165) is 0 Å². The number of hydrogen-bond donors (Lipinski definition) is 0. The number of Topliss-reactive ketones (excluding diaryl/α,β-unsaturated/α-hetero) is 1. The second-order valence-electron chi connectivity index (χ2n) is 3.95. The molecule has 0 aromatic carbocycles. The first kappa shape index (κ1) is 15.8. The number of ketones is 1. The van der Waals surface area contributed by atoms with Gasteiger partial charge in [0, 0.05) is 0 Å². The molecule has 0 aromatic heterocycles. The van der Waals surface area contributed by atoms with E-state index in [-0.39, 0.29) is 6.08 Å². The Bertz CT molecular complexity index is 422. The maximum Gasteiger partial charge on any atom is 0.454 e. The second kappa shape index (κ2) is 3.66. The lowest BCUT2D eigenvalue weighted by molar-refractivity contribution is -0.403. The second-order valence-corrected chi connectivity index (χ2v) is 3.95. The summed E-state index contributed by atoms with van der Waals surface area (Å²) < 4.78 is 114. The van der Waals surface area contributed by atoms with E-state index in [4.69, 9.17) is 0 Å². The first-order valence-electron chi connectivity index (χ1n) is 4.58. The van der Waals surface area contributed by atoms with Gasteiger partial charge >= 0.3 is 23.9 Å². The third-order valence-corrected chi connectivity index (χ3v) is 2.95. The van der Waals surface area contributed by atoms with E-state index in [2.05, 4.69) is 6.58 Å². The van der Waals surface area contributed by atoms with Crippen molar-refractivity contribution < 1.29 is 44.3 Å². The van der Waals surface area contributed by atoms with Crippen LogP contribution in [0.5, 0.6) is 0 Å². The van der Waals surface area contributed by atoms with Gasteiger partial charge in [0.2, 0.25) is 5.78 Å². The molecule has 0 spiro atoms. The molecule has 10 heteroatoms. The van der Waals surface area contributed by atoms with Gasteiger partial charge in [0.15, 0.2) is 5.41 Å². The first-order chi connectivity index (χ1) is 8.22. The lowest BCUT2D eigenvalue weighted by Crippen LogP contribution is -2.82. The highest BCUT2D eigenvalue weighted by Gasteiger charge is 2.97. The summed E-state index contributed by atoms with van der Waals surface area (Å²) >= 11 is 0. The predicted octanol–water partition coefficient (Wildman–Crippen LogP) is 3.60. The van der Waals surface area contributed by atoms with Crippen LogP contribution in [0.3, 0.4) is 0 Å². The highest BCUT2D eigenvalue weighted by atomic mass is 19.4. The average Bonchev–Trinajstić information content (AvgIpc) is 2.22. The monoisotopic (exact) mass is 300 g/mol. The van der Waals surface area contributed by atoms with Crippen LogP contribution < -0.4 is 0 Å². The Morgan fingerprint density at radius 2 is 1.47 bits per heavy atom. The van der Waals surface area contributed by atoms with Gasteiger partial charge in [0.1, 0.15) is 0 Å². The van der Waals surface area contributed by atoms with Crippen molar-refractivity contribution >= 4 is 5.78 Å². The molecule has 1 nitrogen and oxygen atoms in total. The Labute approximate surface area is 99.6 Å². The summed E-state index contributed by atoms with van der Waals surface area (Å²) in [5.74, 6) is -20.8. The van der Waals surface area contributed by atoms with Crippen LogP contribution in [0, 0.1) is 5.41 Å². The molecule has 1 rings (SSSR count). The number of alkyl halides is 9. The first-order valence-corrected chi connectivity index (χ1v) is 4.58. The van der Waals surface area contributed by atoms with E-state index in [1.165, 1.54) is 0 Å². The molecule has 19 heavy (non-hydrogen) atoms. The fourth-order valence-electron chi connectivity index (χ4n) is 1.91. The van der Waals surface area contributed by atoms with Gasteiger partial charge in [-0.2, -0.15) is 39.5 Å². The number of halogens is 9. The molecular formula is C9H5F9O. The molecule has 110 valence electrons. The third-order valence-electron chi connectivity index (χ3n) is 2.95. The van der Waals surface area contributed by atoms with Crippen molar-refractivity contribution in [2.45, 2.75) is 30.4 Å². The summed E-state index contributed by atoms with van der Waals surface area (Å²) in [7, 11) is 0. The molecule has 1 saturated carbocycles. The molecule has 0 N–H and O–H groups in total. The fraction of sp³-hybridized carbons (Fsp3) is 0.667. The molecule has 0 aliphatic heterocycles. The maximum absolute atomic E-state index is 13.1. The van der Waals surface area contributed by atoms with Crippen molar-refractivity contribution in [2.24, 2.45) is 5.41 Å². The minimum Gasteiger partial charge on any atom is -0.292 e. The molecule has 1 atom stereocenters. The Balaban J connectivity index is 3.54. The van der Waals surface area contributed by atoms with Crippen LogP contribution in [-0.4, -0.2) is 29.7 Å². The molecule has 1 aliphatic rings. The molecule has 1 aliphatic carbocycles. The summed E-state index contributed by atoms with van der Waals surface area (Å²) in [6.45, 7) is 2.64. The Morgan fingerprint density at radius 1 is 1.05 bits per heavy atom. The van der Waals surface area contributed by atoms with E-state index >= 15 is 0 Å². The van der Waals surface area contributed by atoms with Crippen LogP contribution >= 0.6 is 0 Å². The van der Waals surface area contributed by atoms with Crippen molar-refractivity contribution in [3.05, 3.63) is 12.7 Å². The van der Waals surface area contributed by atoms with Crippen molar-refractivity contribution in [1.82, 2.24) is 0 Å². The summed E-state index contributed by atoms with van der Waals surface area (Å²) in [4.78, 5) is 10.8. The zero-order valence-corrected chi connectivity index (χ0v) is 8.80. The topological polar surface area (TPSA) is 17.1 Å².